The molecule has 0 aliphatic heterocycles. The minimum absolute atomic E-state index is 0.0119. The molecule has 10 nitrogen and oxygen atoms in total. The lowest BCUT2D eigenvalue weighted by atomic mass is 10.1. The van der Waals surface area contributed by atoms with Gasteiger partial charge in [-0.25, -0.2) is 0 Å². The van der Waals surface area contributed by atoms with E-state index in [0.29, 0.717) is 22.8 Å². The minimum Gasteiger partial charge on any atom is -0.451 e. The predicted molar refractivity (Wildman–Crippen MR) is 113 cm³/mol. The van der Waals surface area contributed by atoms with Gasteiger partial charge in [-0.1, -0.05) is 17.3 Å². The number of carbonyl (C=O) groups is 2. The fourth-order valence-corrected chi connectivity index (χ4v) is 2.88. The van der Waals surface area contributed by atoms with Crippen molar-refractivity contribution in [1.82, 2.24) is 15.1 Å². The number of rotatable bonds is 8. The van der Waals surface area contributed by atoms with E-state index in [4.69, 9.17) is 19.4 Å². The van der Waals surface area contributed by atoms with Gasteiger partial charge in [0.15, 0.2) is 5.76 Å². The van der Waals surface area contributed by atoms with Crippen LogP contribution in [-0.4, -0.2) is 33.5 Å². The van der Waals surface area contributed by atoms with E-state index in [1.165, 1.54) is 6.07 Å². The van der Waals surface area contributed by atoms with Crippen molar-refractivity contribution in [3.05, 3.63) is 72.1 Å². The van der Waals surface area contributed by atoms with Crippen LogP contribution in [0.25, 0.3) is 22.7 Å². The van der Waals surface area contributed by atoms with Crippen LogP contribution in [0.15, 0.2) is 63.8 Å². The zero-order valence-corrected chi connectivity index (χ0v) is 17.1. The van der Waals surface area contributed by atoms with Gasteiger partial charge in [0, 0.05) is 29.2 Å². The van der Waals surface area contributed by atoms with Gasteiger partial charge < -0.3 is 24.7 Å². The molecule has 0 aliphatic rings. The van der Waals surface area contributed by atoms with Crippen molar-refractivity contribution >= 4 is 17.5 Å². The third-order valence-electron chi connectivity index (χ3n) is 4.49. The lowest BCUT2D eigenvalue weighted by Gasteiger charge is -2.10. The number of aryl methyl sites for hydroxylation is 1. The molecule has 3 N–H and O–H groups in total. The summed E-state index contributed by atoms with van der Waals surface area (Å²) in [7, 11) is 0. The average Bonchev–Trinajstić information content (AvgIpc) is 3.46. The highest BCUT2D eigenvalue weighted by atomic mass is 16.5. The van der Waals surface area contributed by atoms with Crippen LogP contribution in [0.3, 0.4) is 0 Å². The van der Waals surface area contributed by atoms with Crippen LogP contribution < -0.4 is 11.1 Å². The number of furan rings is 1. The Morgan fingerprint density at radius 1 is 1.16 bits per heavy atom. The van der Waals surface area contributed by atoms with Crippen molar-refractivity contribution in [3.8, 4) is 22.7 Å². The maximum absolute atomic E-state index is 12.3. The quantitative estimate of drug-likeness (QED) is 0.431. The van der Waals surface area contributed by atoms with Gasteiger partial charge in [0.05, 0.1) is 0 Å². The monoisotopic (exact) mass is 433 g/mol. The number of nitrogens with zero attached hydrogens (tertiary/aromatic N) is 3. The molecule has 3 heterocycles. The molecule has 0 saturated heterocycles. The summed E-state index contributed by atoms with van der Waals surface area (Å²) in [5.41, 5.74) is 8.07. The summed E-state index contributed by atoms with van der Waals surface area (Å²) < 4.78 is 16.0. The molecule has 0 aliphatic carbocycles. The molecule has 0 bridgehead atoms. The number of hydrogen-bond acceptors (Lipinski definition) is 8. The molecule has 1 aromatic carbocycles. The molecule has 0 spiro atoms. The maximum Gasteiger partial charge on any atom is 0.284 e. The fraction of sp³-hybridized carbons (Fsp3) is 0.136. The Bertz CT molecular complexity index is 1250. The third-order valence-corrected chi connectivity index (χ3v) is 4.49. The molecule has 10 heteroatoms. The molecule has 0 radical (unpaired) electrons. The normalized spacial score (nSPS) is 10.8. The second kappa shape index (κ2) is 9.23. The first-order valence-corrected chi connectivity index (χ1v) is 9.61. The molecule has 4 aromatic rings. The number of nitrogens with two attached hydrogens (primary N) is 1. The Kier molecular flexibility index (Phi) is 6.04. The molecular weight excluding hydrogens is 414 g/mol. The molecule has 3 aromatic heterocycles. The van der Waals surface area contributed by atoms with E-state index in [2.05, 4.69) is 20.4 Å². The second-order valence-electron chi connectivity index (χ2n) is 6.85. The number of ether oxygens (including phenoxy) is 1. The molecule has 0 unspecified atom stereocenters. The number of aromatic nitrogens is 3. The van der Waals surface area contributed by atoms with Crippen LogP contribution in [0.1, 0.15) is 22.0 Å². The fourth-order valence-electron chi connectivity index (χ4n) is 2.88. The van der Waals surface area contributed by atoms with E-state index in [1.807, 2.05) is 25.1 Å². The van der Waals surface area contributed by atoms with Gasteiger partial charge in [-0.15, -0.1) is 0 Å². The summed E-state index contributed by atoms with van der Waals surface area (Å²) in [5, 5.41) is 6.67. The number of pyridine rings is 1. The number of primary amides is 1. The van der Waals surface area contributed by atoms with Gasteiger partial charge in [0.25, 0.3) is 11.8 Å². The summed E-state index contributed by atoms with van der Waals surface area (Å²) in [6.45, 7) is 1.64. The first kappa shape index (κ1) is 20.9. The molecule has 2 amide bonds. The molecule has 162 valence electrons. The zero-order valence-electron chi connectivity index (χ0n) is 17.1. The summed E-state index contributed by atoms with van der Waals surface area (Å²) >= 11 is 0. The maximum atomic E-state index is 12.3. The zero-order chi connectivity index (χ0) is 22.5. The molecule has 0 saturated carbocycles. The van der Waals surface area contributed by atoms with E-state index in [1.54, 1.807) is 30.6 Å². The average molecular weight is 433 g/mol. The van der Waals surface area contributed by atoms with Crippen LogP contribution in [0.2, 0.25) is 0 Å². The van der Waals surface area contributed by atoms with Gasteiger partial charge in [-0.3, -0.25) is 14.6 Å². The van der Waals surface area contributed by atoms with E-state index in [-0.39, 0.29) is 30.8 Å². The van der Waals surface area contributed by atoms with E-state index >= 15 is 0 Å². The number of hydrogen-bond donors (Lipinski definition) is 2. The highest BCUT2D eigenvalue weighted by Gasteiger charge is 2.13. The number of benzene rings is 1. The van der Waals surface area contributed by atoms with E-state index < -0.39 is 5.91 Å². The highest BCUT2D eigenvalue weighted by molar-refractivity contribution is 5.93. The summed E-state index contributed by atoms with van der Waals surface area (Å²) in [5.74, 6) is 0.167. The summed E-state index contributed by atoms with van der Waals surface area (Å²) in [6.07, 6.45) is 3.27. The van der Waals surface area contributed by atoms with Crippen molar-refractivity contribution in [2.45, 2.75) is 13.5 Å². The molecule has 0 atom stereocenters. The van der Waals surface area contributed by atoms with E-state index in [9.17, 15) is 9.59 Å². The van der Waals surface area contributed by atoms with Crippen LogP contribution in [0, 0.1) is 6.92 Å². The third kappa shape index (κ3) is 4.87. The van der Waals surface area contributed by atoms with Gasteiger partial charge in [0.2, 0.25) is 11.7 Å². The van der Waals surface area contributed by atoms with Crippen LogP contribution in [0.4, 0.5) is 5.69 Å². The Morgan fingerprint density at radius 2 is 2.03 bits per heavy atom. The van der Waals surface area contributed by atoms with Gasteiger partial charge in [-0.05, 0) is 42.8 Å². The molecule has 0 fully saturated rings. The SMILES string of the molecule is Cc1ccc(-c2ccc(C(N)=O)o2)cc1NC(=O)COCc1nc(-c2cccnc2)no1. The number of anilines is 1. The van der Waals surface area contributed by atoms with Crippen molar-refractivity contribution in [1.29, 1.82) is 0 Å². The summed E-state index contributed by atoms with van der Waals surface area (Å²) in [6, 6.07) is 12.1. The van der Waals surface area contributed by atoms with Crippen molar-refractivity contribution in [2.24, 2.45) is 5.73 Å². The van der Waals surface area contributed by atoms with Gasteiger partial charge >= 0.3 is 0 Å². The Hall–Kier alpha value is -4.31. The predicted octanol–water partition coefficient (Wildman–Crippen LogP) is 2.95. The minimum atomic E-state index is -0.650. The van der Waals surface area contributed by atoms with Crippen LogP contribution in [-0.2, 0) is 16.1 Å². The second-order valence-corrected chi connectivity index (χ2v) is 6.85. The first-order valence-electron chi connectivity index (χ1n) is 9.61. The molecule has 4 rings (SSSR count). The topological polar surface area (TPSA) is 146 Å². The van der Waals surface area contributed by atoms with Crippen molar-refractivity contribution < 1.29 is 23.3 Å². The van der Waals surface area contributed by atoms with Gasteiger partial charge in [-0.2, -0.15) is 4.98 Å². The Balaban J connectivity index is 1.34. The Morgan fingerprint density at radius 3 is 2.78 bits per heavy atom. The lowest BCUT2D eigenvalue weighted by Crippen LogP contribution is -2.18. The summed E-state index contributed by atoms with van der Waals surface area (Å²) in [4.78, 5) is 31.8. The first-order chi connectivity index (χ1) is 15.5. The van der Waals surface area contributed by atoms with Crippen LogP contribution >= 0.6 is 0 Å². The number of amides is 2. The van der Waals surface area contributed by atoms with Crippen molar-refractivity contribution in [3.63, 3.8) is 0 Å². The standard InChI is InChI=1S/C22H19N5O5/c1-13-4-5-14(17-6-7-18(31-17)21(23)29)9-16(13)25-19(28)11-30-12-20-26-22(27-32-20)15-3-2-8-24-10-15/h2-10H,11-12H2,1H3,(H2,23,29)(H,25,28). The molecule has 32 heavy (non-hydrogen) atoms. The van der Waals surface area contributed by atoms with Crippen LogP contribution in [0.5, 0.6) is 0 Å². The lowest BCUT2D eigenvalue weighted by molar-refractivity contribution is -0.121. The van der Waals surface area contributed by atoms with Gasteiger partial charge in [0.1, 0.15) is 19.0 Å². The number of nitrogens with one attached hydrogen (secondary N) is 1. The highest BCUT2D eigenvalue weighted by Crippen LogP contribution is 2.27. The van der Waals surface area contributed by atoms with Crippen molar-refractivity contribution in [2.75, 3.05) is 11.9 Å². The molecular formula is C22H19N5O5. The Labute approximate surface area is 182 Å². The van der Waals surface area contributed by atoms with E-state index in [0.717, 1.165) is 11.1 Å². The smallest absolute Gasteiger partial charge is 0.284 e. The largest absolute Gasteiger partial charge is 0.451 e. The number of carbonyl (C=O) groups excluding carboxylic acids is 2.